The normalized spacial score (nSPS) is 13.7. The van der Waals surface area contributed by atoms with Crippen molar-refractivity contribution in [2.75, 3.05) is 6.07 Å². The van der Waals surface area contributed by atoms with Gasteiger partial charge >= 0.3 is 8.60 Å². The van der Waals surface area contributed by atoms with Gasteiger partial charge in [0.05, 0.1) is 11.2 Å². The highest BCUT2D eigenvalue weighted by Crippen LogP contribution is 2.47. The van der Waals surface area contributed by atoms with Gasteiger partial charge in [-0.05, 0) is 41.5 Å². The Bertz CT molecular complexity index is 146. The van der Waals surface area contributed by atoms with Gasteiger partial charge in [-0.15, -0.1) is 0 Å². The molecule has 0 fully saturated rings. The van der Waals surface area contributed by atoms with Crippen LogP contribution in [0.5, 0.6) is 0 Å². The molecule has 0 aliphatic heterocycles. The lowest BCUT2D eigenvalue weighted by Crippen LogP contribution is -2.22. The molecule has 0 unspecified atom stereocenters. The fourth-order valence-corrected chi connectivity index (χ4v) is 1.91. The first-order valence-electron chi connectivity index (χ1n) is 4.51. The molecule has 0 heterocycles. The number of alkyl halides is 1. The first-order chi connectivity index (χ1) is 6.14. The summed E-state index contributed by atoms with van der Waals surface area (Å²) >= 11 is 5.49. The molecule has 0 aliphatic rings. The molecule has 0 N–H and O–H groups in total. The van der Waals surface area contributed by atoms with Crippen molar-refractivity contribution in [3.63, 3.8) is 0 Å². The van der Waals surface area contributed by atoms with Crippen molar-refractivity contribution in [3.8, 4) is 0 Å². The summed E-state index contributed by atoms with van der Waals surface area (Å²) in [6.07, 6.45) is 0. The molecule has 0 aromatic rings. The molecule has 86 valence electrons. The van der Waals surface area contributed by atoms with E-state index in [2.05, 4.69) is 0 Å². The molecule has 5 heteroatoms. The maximum absolute atomic E-state index is 5.59. The van der Waals surface area contributed by atoms with Crippen molar-refractivity contribution < 1.29 is 13.6 Å². The van der Waals surface area contributed by atoms with E-state index in [0.717, 1.165) is 0 Å². The summed E-state index contributed by atoms with van der Waals surface area (Å²) < 4.78 is 16.4. The van der Waals surface area contributed by atoms with Crippen LogP contribution >= 0.6 is 20.2 Å². The van der Waals surface area contributed by atoms with Crippen LogP contribution in [-0.2, 0) is 13.6 Å². The fraction of sp³-hybridized carbons (Fsp3) is 1.00. The molecule has 0 aromatic carbocycles. The van der Waals surface area contributed by atoms with E-state index in [4.69, 9.17) is 25.2 Å². The lowest BCUT2D eigenvalue weighted by atomic mass is 10.2. The second-order valence-corrected chi connectivity index (χ2v) is 6.16. The summed E-state index contributed by atoms with van der Waals surface area (Å²) in [6, 6.07) is 0.0812. The standard InChI is InChI=1S/C9H20ClO3P/c1-8(2,3)12-14(11-7-10)13-9(4,5)6/h7H2,1-6H3. The summed E-state index contributed by atoms with van der Waals surface area (Å²) in [6.45, 7) is 11.7. The number of hydrogen-bond acceptors (Lipinski definition) is 3. The van der Waals surface area contributed by atoms with Gasteiger partial charge in [0.25, 0.3) is 0 Å². The second kappa shape index (κ2) is 5.62. The Hall–Kier alpha value is 0.600. The molecular formula is C9H20ClO3P. The summed E-state index contributed by atoms with van der Waals surface area (Å²) in [5, 5.41) is 0. The van der Waals surface area contributed by atoms with Crippen molar-refractivity contribution >= 4 is 20.2 Å². The van der Waals surface area contributed by atoms with Crippen molar-refractivity contribution in [2.45, 2.75) is 52.7 Å². The molecular weight excluding hydrogens is 223 g/mol. The largest absolute Gasteiger partial charge is 0.334 e. The van der Waals surface area contributed by atoms with Gasteiger partial charge in [0, 0.05) is 0 Å². The maximum Gasteiger partial charge on any atom is 0.334 e. The molecule has 0 aromatic heterocycles. The third-order valence-electron chi connectivity index (χ3n) is 0.851. The van der Waals surface area contributed by atoms with E-state index in [1.165, 1.54) is 0 Å². The zero-order valence-electron chi connectivity index (χ0n) is 9.76. The second-order valence-electron chi connectivity index (χ2n) is 4.87. The van der Waals surface area contributed by atoms with Crippen LogP contribution in [0.4, 0.5) is 0 Å². The minimum Gasteiger partial charge on any atom is -0.306 e. The van der Waals surface area contributed by atoms with Crippen LogP contribution in [0.3, 0.4) is 0 Å². The molecule has 0 aliphatic carbocycles. The smallest absolute Gasteiger partial charge is 0.306 e. The minimum absolute atomic E-state index is 0.0812. The van der Waals surface area contributed by atoms with Gasteiger partial charge in [-0.3, -0.25) is 4.52 Å². The maximum atomic E-state index is 5.59. The van der Waals surface area contributed by atoms with Crippen molar-refractivity contribution in [1.29, 1.82) is 0 Å². The lowest BCUT2D eigenvalue weighted by molar-refractivity contribution is 0.0380. The molecule has 0 rings (SSSR count). The van der Waals surface area contributed by atoms with Crippen molar-refractivity contribution in [2.24, 2.45) is 0 Å². The number of rotatable bonds is 4. The van der Waals surface area contributed by atoms with Gasteiger partial charge < -0.3 is 9.05 Å². The molecule has 14 heavy (non-hydrogen) atoms. The zero-order valence-corrected chi connectivity index (χ0v) is 11.4. The van der Waals surface area contributed by atoms with E-state index >= 15 is 0 Å². The Balaban J connectivity index is 4.16. The average molecular weight is 243 g/mol. The van der Waals surface area contributed by atoms with Crippen LogP contribution in [-0.4, -0.2) is 17.3 Å². The summed E-state index contributed by atoms with van der Waals surface area (Å²) in [5.41, 5.74) is -0.577. The molecule has 3 nitrogen and oxygen atoms in total. The van der Waals surface area contributed by atoms with Crippen LogP contribution in [0.1, 0.15) is 41.5 Å². The SMILES string of the molecule is CC(C)(C)OP(OCCl)OC(C)(C)C. The monoisotopic (exact) mass is 242 g/mol. The van der Waals surface area contributed by atoms with Gasteiger partial charge in [-0.1, -0.05) is 11.6 Å². The molecule has 0 atom stereocenters. The molecule has 0 spiro atoms. The highest BCUT2D eigenvalue weighted by atomic mass is 35.5. The first-order valence-corrected chi connectivity index (χ1v) is 6.14. The van der Waals surface area contributed by atoms with Gasteiger partial charge in [0.2, 0.25) is 0 Å². The topological polar surface area (TPSA) is 27.7 Å². The summed E-state index contributed by atoms with van der Waals surface area (Å²) in [5.74, 6) is 0. The van der Waals surface area contributed by atoms with Crippen molar-refractivity contribution in [1.82, 2.24) is 0 Å². The van der Waals surface area contributed by atoms with Crippen molar-refractivity contribution in [3.05, 3.63) is 0 Å². The summed E-state index contributed by atoms with van der Waals surface area (Å²) in [4.78, 5) is 0. The number of halogens is 1. The fourth-order valence-electron chi connectivity index (χ4n) is 0.558. The van der Waals surface area contributed by atoms with Gasteiger partial charge in [-0.2, -0.15) is 0 Å². The Labute approximate surface area is 93.1 Å². The van der Waals surface area contributed by atoms with Crippen LogP contribution in [0, 0.1) is 0 Å². The van der Waals surface area contributed by atoms with Gasteiger partial charge in [0.1, 0.15) is 6.07 Å². The van der Waals surface area contributed by atoms with E-state index in [9.17, 15) is 0 Å². The average Bonchev–Trinajstić information content (AvgIpc) is 1.78. The molecule has 0 saturated carbocycles. The van der Waals surface area contributed by atoms with E-state index in [1.807, 2.05) is 41.5 Å². The minimum atomic E-state index is -1.37. The third kappa shape index (κ3) is 9.17. The Kier molecular flexibility index (Phi) is 5.86. The highest BCUT2D eigenvalue weighted by Gasteiger charge is 2.26. The highest BCUT2D eigenvalue weighted by molar-refractivity contribution is 7.41. The van der Waals surface area contributed by atoms with E-state index in [0.29, 0.717) is 0 Å². The zero-order chi connectivity index (χ0) is 11.4. The molecule has 0 bridgehead atoms. The van der Waals surface area contributed by atoms with Crippen LogP contribution < -0.4 is 0 Å². The predicted molar refractivity (Wildman–Crippen MR) is 60.4 cm³/mol. The van der Waals surface area contributed by atoms with E-state index in [-0.39, 0.29) is 17.3 Å². The third-order valence-corrected chi connectivity index (χ3v) is 2.85. The lowest BCUT2D eigenvalue weighted by Gasteiger charge is -2.29. The Morgan fingerprint density at radius 2 is 1.29 bits per heavy atom. The van der Waals surface area contributed by atoms with Crippen LogP contribution in [0.15, 0.2) is 0 Å². The molecule has 0 radical (unpaired) electrons. The quantitative estimate of drug-likeness (QED) is 0.550. The first kappa shape index (κ1) is 14.6. The Morgan fingerprint density at radius 3 is 1.50 bits per heavy atom. The predicted octanol–water partition coefficient (Wildman–Crippen LogP) is 4.06. The van der Waals surface area contributed by atoms with Gasteiger partial charge in [0.15, 0.2) is 0 Å². The number of hydrogen-bond donors (Lipinski definition) is 0. The molecule has 0 saturated heterocycles. The van der Waals surface area contributed by atoms with Crippen LogP contribution in [0.2, 0.25) is 0 Å². The Morgan fingerprint density at radius 1 is 0.929 bits per heavy atom. The van der Waals surface area contributed by atoms with E-state index < -0.39 is 8.60 Å². The van der Waals surface area contributed by atoms with Crippen LogP contribution in [0.25, 0.3) is 0 Å². The van der Waals surface area contributed by atoms with Gasteiger partial charge in [-0.25, -0.2) is 0 Å². The molecule has 0 amide bonds. The summed E-state index contributed by atoms with van der Waals surface area (Å²) in [7, 11) is -1.37. The van der Waals surface area contributed by atoms with E-state index in [1.54, 1.807) is 0 Å².